The van der Waals surface area contributed by atoms with Crippen molar-refractivity contribution >= 4 is 40.7 Å². The van der Waals surface area contributed by atoms with Crippen molar-refractivity contribution in [1.82, 2.24) is 15.1 Å². The van der Waals surface area contributed by atoms with Crippen LogP contribution in [0.15, 0.2) is 24.3 Å². The van der Waals surface area contributed by atoms with Crippen molar-refractivity contribution in [2.75, 3.05) is 10.6 Å². The van der Waals surface area contributed by atoms with E-state index < -0.39 is 12.1 Å². The van der Waals surface area contributed by atoms with E-state index in [4.69, 9.17) is 11.6 Å². The fraction of sp³-hybridized carbons (Fsp3) is 0.520. The molecular formula is C25H34ClN5O3. The third kappa shape index (κ3) is 6.82. The number of hydrogen-bond donors (Lipinski definition) is 3. The smallest absolute Gasteiger partial charge is 0.248 e. The Morgan fingerprint density at radius 3 is 2.38 bits per heavy atom. The van der Waals surface area contributed by atoms with Crippen molar-refractivity contribution in [3.05, 3.63) is 40.7 Å². The summed E-state index contributed by atoms with van der Waals surface area (Å²) in [4.78, 5) is 37.5. The fourth-order valence-electron chi connectivity index (χ4n) is 4.35. The van der Waals surface area contributed by atoms with Gasteiger partial charge in [-0.3, -0.25) is 19.1 Å². The van der Waals surface area contributed by atoms with Crippen molar-refractivity contribution in [3.8, 4) is 0 Å². The molecule has 3 N–H and O–H groups in total. The molecule has 1 saturated carbocycles. The average Bonchev–Trinajstić information content (AvgIpc) is 3.13. The van der Waals surface area contributed by atoms with Gasteiger partial charge >= 0.3 is 0 Å². The summed E-state index contributed by atoms with van der Waals surface area (Å²) in [6.45, 7) is 7.20. The van der Waals surface area contributed by atoms with Crippen LogP contribution < -0.4 is 16.0 Å². The van der Waals surface area contributed by atoms with E-state index in [-0.39, 0.29) is 17.7 Å². The lowest BCUT2D eigenvalue weighted by molar-refractivity contribution is -0.127. The zero-order valence-corrected chi connectivity index (χ0v) is 21.0. The minimum absolute atomic E-state index is 0.0950. The van der Waals surface area contributed by atoms with Gasteiger partial charge in [0.05, 0.1) is 16.4 Å². The van der Waals surface area contributed by atoms with Gasteiger partial charge in [0.15, 0.2) is 0 Å². The molecule has 2 atom stereocenters. The molecule has 0 aliphatic heterocycles. The number of amides is 3. The van der Waals surface area contributed by atoms with E-state index in [9.17, 15) is 14.4 Å². The molecule has 1 aromatic heterocycles. The second kappa shape index (κ2) is 11.5. The molecule has 1 fully saturated rings. The third-order valence-corrected chi connectivity index (χ3v) is 6.57. The quantitative estimate of drug-likeness (QED) is 0.498. The van der Waals surface area contributed by atoms with Crippen molar-refractivity contribution < 1.29 is 14.4 Å². The van der Waals surface area contributed by atoms with Crippen LogP contribution in [-0.4, -0.2) is 33.5 Å². The predicted molar refractivity (Wildman–Crippen MR) is 134 cm³/mol. The number of nitrogens with one attached hydrogen (secondary N) is 3. The summed E-state index contributed by atoms with van der Waals surface area (Å²) >= 11 is 6.36. The van der Waals surface area contributed by atoms with E-state index in [2.05, 4.69) is 21.0 Å². The van der Waals surface area contributed by atoms with Gasteiger partial charge in [-0.2, -0.15) is 5.10 Å². The van der Waals surface area contributed by atoms with Gasteiger partial charge < -0.3 is 16.0 Å². The summed E-state index contributed by atoms with van der Waals surface area (Å²) < 4.78 is 1.66. The van der Waals surface area contributed by atoms with Gasteiger partial charge in [0.25, 0.3) is 0 Å². The molecule has 0 radical (unpaired) electrons. The number of rotatable bonds is 8. The zero-order valence-electron chi connectivity index (χ0n) is 20.3. The molecule has 8 nitrogen and oxygen atoms in total. The molecule has 2 unspecified atom stereocenters. The SMILES string of the molecule is Cc1cc(C)n(C(C)C(=O)Nc2ccc(NC(=O)C(C)NC(=O)CC3CCCCC3)cc2Cl)n1. The number of carbonyl (C=O) groups excluding carboxylic acids is 3. The Kier molecular flexibility index (Phi) is 8.72. The lowest BCUT2D eigenvalue weighted by atomic mass is 9.87. The standard InChI is InChI=1S/C25H34ClN5O3/c1-15-12-16(2)31(30-15)18(4)25(34)29-22-11-10-20(14-21(22)26)28-24(33)17(3)27-23(32)13-19-8-6-5-7-9-19/h10-12,14,17-19H,5-9,13H2,1-4H3,(H,27,32)(H,28,33)(H,29,34). The van der Waals surface area contributed by atoms with E-state index in [1.807, 2.05) is 19.9 Å². The topological polar surface area (TPSA) is 105 Å². The van der Waals surface area contributed by atoms with Crippen LogP contribution in [0.5, 0.6) is 0 Å². The molecule has 1 aliphatic carbocycles. The van der Waals surface area contributed by atoms with Crippen LogP contribution in [0.1, 0.15) is 69.8 Å². The van der Waals surface area contributed by atoms with Crippen molar-refractivity contribution in [1.29, 1.82) is 0 Å². The first-order valence-electron chi connectivity index (χ1n) is 11.9. The molecule has 0 bridgehead atoms. The molecule has 9 heteroatoms. The molecule has 3 rings (SSSR count). The Hall–Kier alpha value is -2.87. The molecule has 34 heavy (non-hydrogen) atoms. The van der Waals surface area contributed by atoms with Gasteiger partial charge in [-0.1, -0.05) is 30.9 Å². The first-order chi connectivity index (χ1) is 16.1. The highest BCUT2D eigenvalue weighted by Gasteiger charge is 2.22. The molecule has 1 aliphatic rings. The van der Waals surface area contributed by atoms with Gasteiger partial charge in [-0.15, -0.1) is 0 Å². The molecule has 3 amide bonds. The Bertz CT molecular complexity index is 1050. The monoisotopic (exact) mass is 487 g/mol. The average molecular weight is 488 g/mol. The molecule has 2 aromatic rings. The molecule has 1 heterocycles. The number of benzene rings is 1. The van der Waals surface area contributed by atoms with Crippen LogP contribution in [0.4, 0.5) is 11.4 Å². The largest absolute Gasteiger partial charge is 0.345 e. The van der Waals surface area contributed by atoms with E-state index in [1.165, 1.54) is 19.3 Å². The van der Waals surface area contributed by atoms with Crippen LogP contribution >= 0.6 is 11.6 Å². The summed E-state index contributed by atoms with van der Waals surface area (Å²) in [5.41, 5.74) is 2.65. The second-order valence-electron chi connectivity index (χ2n) is 9.22. The van der Waals surface area contributed by atoms with E-state index in [1.54, 1.807) is 36.7 Å². The summed E-state index contributed by atoms with van der Waals surface area (Å²) in [7, 11) is 0. The Morgan fingerprint density at radius 2 is 1.76 bits per heavy atom. The maximum atomic E-state index is 12.7. The maximum absolute atomic E-state index is 12.7. The predicted octanol–water partition coefficient (Wildman–Crippen LogP) is 4.77. The minimum atomic E-state index is -0.670. The third-order valence-electron chi connectivity index (χ3n) is 6.25. The van der Waals surface area contributed by atoms with Crippen molar-refractivity contribution in [2.45, 2.75) is 78.3 Å². The van der Waals surface area contributed by atoms with Crippen LogP contribution in [0.25, 0.3) is 0 Å². The number of carbonyl (C=O) groups is 3. The number of anilines is 2. The first kappa shape index (κ1) is 25.7. The molecule has 0 spiro atoms. The highest BCUT2D eigenvalue weighted by Crippen LogP contribution is 2.27. The summed E-state index contributed by atoms with van der Waals surface area (Å²) in [6.07, 6.45) is 6.21. The number of halogens is 1. The highest BCUT2D eigenvalue weighted by atomic mass is 35.5. The van der Waals surface area contributed by atoms with E-state index in [0.717, 1.165) is 24.2 Å². The normalized spacial score (nSPS) is 15.9. The molecule has 184 valence electrons. The number of aryl methyl sites for hydroxylation is 2. The highest BCUT2D eigenvalue weighted by molar-refractivity contribution is 6.34. The molecular weight excluding hydrogens is 454 g/mol. The second-order valence-corrected chi connectivity index (χ2v) is 9.63. The van der Waals surface area contributed by atoms with Crippen LogP contribution in [0.2, 0.25) is 5.02 Å². The van der Waals surface area contributed by atoms with Crippen LogP contribution in [0.3, 0.4) is 0 Å². The van der Waals surface area contributed by atoms with Gasteiger partial charge in [-0.05, 0) is 70.7 Å². The fourth-order valence-corrected chi connectivity index (χ4v) is 4.58. The Labute approximate surface area is 205 Å². The number of hydrogen-bond acceptors (Lipinski definition) is 4. The summed E-state index contributed by atoms with van der Waals surface area (Å²) in [5, 5.41) is 13.0. The molecule has 1 aromatic carbocycles. The molecule has 0 saturated heterocycles. The van der Waals surface area contributed by atoms with Crippen LogP contribution in [-0.2, 0) is 14.4 Å². The summed E-state index contributed by atoms with van der Waals surface area (Å²) in [5.74, 6) is -0.265. The van der Waals surface area contributed by atoms with E-state index in [0.29, 0.717) is 28.7 Å². The lowest BCUT2D eigenvalue weighted by Gasteiger charge is -2.22. The van der Waals surface area contributed by atoms with Gasteiger partial charge in [0.1, 0.15) is 12.1 Å². The first-order valence-corrected chi connectivity index (χ1v) is 12.2. The lowest BCUT2D eigenvalue weighted by Crippen LogP contribution is -2.42. The van der Waals surface area contributed by atoms with Crippen molar-refractivity contribution in [2.24, 2.45) is 5.92 Å². The maximum Gasteiger partial charge on any atom is 0.248 e. The van der Waals surface area contributed by atoms with Crippen LogP contribution in [0, 0.1) is 19.8 Å². The summed E-state index contributed by atoms with van der Waals surface area (Å²) in [6, 6.07) is 5.59. The number of nitrogens with zero attached hydrogens (tertiary/aromatic N) is 2. The number of aromatic nitrogens is 2. The van der Waals surface area contributed by atoms with Gasteiger partial charge in [0, 0.05) is 17.8 Å². The zero-order chi connectivity index (χ0) is 24.8. The van der Waals surface area contributed by atoms with E-state index >= 15 is 0 Å². The Balaban J connectivity index is 1.53. The van der Waals surface area contributed by atoms with Gasteiger partial charge in [0.2, 0.25) is 17.7 Å². The Morgan fingerprint density at radius 1 is 1.06 bits per heavy atom. The minimum Gasteiger partial charge on any atom is -0.345 e. The van der Waals surface area contributed by atoms with Crippen molar-refractivity contribution in [3.63, 3.8) is 0 Å². The van der Waals surface area contributed by atoms with Gasteiger partial charge in [-0.25, -0.2) is 0 Å².